The Bertz CT molecular complexity index is 1140. The number of urea groups is 1. The van der Waals surface area contributed by atoms with E-state index < -0.39 is 24.0 Å². The van der Waals surface area contributed by atoms with Crippen LogP contribution in [0.2, 0.25) is 0 Å². The van der Waals surface area contributed by atoms with Crippen LogP contribution in [0.3, 0.4) is 0 Å². The lowest BCUT2D eigenvalue weighted by molar-refractivity contribution is -0.127. The zero-order chi connectivity index (χ0) is 24.1. The number of aryl methyl sites for hydroxylation is 1. The van der Waals surface area contributed by atoms with E-state index in [1.54, 1.807) is 10.6 Å². The van der Waals surface area contributed by atoms with Gasteiger partial charge in [-0.1, -0.05) is 32.1 Å². The van der Waals surface area contributed by atoms with Crippen LogP contribution in [0, 0.1) is 0 Å². The summed E-state index contributed by atoms with van der Waals surface area (Å²) in [6, 6.07) is 4.10. The molecule has 182 valence electrons. The zero-order valence-corrected chi connectivity index (χ0v) is 19.6. The molecule has 1 atom stereocenters. The first-order chi connectivity index (χ1) is 16.4. The molecule has 2 aromatic rings. The average molecular weight is 469 g/mol. The van der Waals surface area contributed by atoms with Crippen LogP contribution in [0.4, 0.5) is 4.79 Å². The molecule has 1 aromatic carbocycles. The number of benzene rings is 1. The Hall–Kier alpha value is -3.23. The predicted molar refractivity (Wildman–Crippen MR) is 127 cm³/mol. The number of fused-ring (bicyclic) bond motifs is 2. The number of hydrogen-bond acceptors (Lipinski definition) is 6. The number of rotatable bonds is 4. The number of imide groups is 1. The number of aromatic nitrogens is 2. The number of carbonyl (C=O) groups excluding carboxylic acids is 3. The van der Waals surface area contributed by atoms with Gasteiger partial charge in [-0.05, 0) is 50.8 Å². The first-order valence-corrected chi connectivity index (χ1v) is 12.3. The summed E-state index contributed by atoms with van der Waals surface area (Å²) in [6.07, 6.45) is 8.77. The van der Waals surface area contributed by atoms with Crippen LogP contribution in [0.15, 0.2) is 23.0 Å². The van der Waals surface area contributed by atoms with E-state index in [9.17, 15) is 19.2 Å². The monoisotopic (exact) mass is 468 g/mol. The van der Waals surface area contributed by atoms with E-state index in [4.69, 9.17) is 4.74 Å². The van der Waals surface area contributed by atoms with Crippen LogP contribution in [0.5, 0.6) is 0 Å². The fraction of sp³-hybridized carbons (Fsp3) is 0.560. The minimum atomic E-state index is -1.16. The molecule has 0 radical (unpaired) electrons. The van der Waals surface area contributed by atoms with Crippen molar-refractivity contribution < 1.29 is 19.1 Å². The Balaban J connectivity index is 1.41. The van der Waals surface area contributed by atoms with Crippen molar-refractivity contribution in [2.75, 3.05) is 0 Å². The van der Waals surface area contributed by atoms with Gasteiger partial charge in [-0.2, -0.15) is 0 Å². The lowest BCUT2D eigenvalue weighted by Crippen LogP contribution is -2.48. The second-order valence-electron chi connectivity index (χ2n) is 9.23. The van der Waals surface area contributed by atoms with Gasteiger partial charge < -0.3 is 10.1 Å². The summed E-state index contributed by atoms with van der Waals surface area (Å²) in [5.74, 6) is -0.675. The molecule has 1 aromatic heterocycles. The molecule has 3 amide bonds. The van der Waals surface area contributed by atoms with Gasteiger partial charge in [0.1, 0.15) is 5.82 Å². The van der Waals surface area contributed by atoms with Gasteiger partial charge in [0, 0.05) is 19.0 Å². The van der Waals surface area contributed by atoms with Crippen LogP contribution in [0.1, 0.15) is 80.9 Å². The second kappa shape index (κ2) is 10.8. The molecule has 2 N–H and O–H groups in total. The second-order valence-corrected chi connectivity index (χ2v) is 9.23. The largest absolute Gasteiger partial charge is 0.449 e. The maximum atomic E-state index is 12.9. The molecule has 1 unspecified atom stereocenters. The topological polar surface area (TPSA) is 119 Å². The summed E-state index contributed by atoms with van der Waals surface area (Å²) in [4.78, 5) is 54.7. The minimum absolute atomic E-state index is 0.0630. The van der Waals surface area contributed by atoms with Gasteiger partial charge >= 0.3 is 12.0 Å². The smallest absolute Gasteiger partial charge is 0.338 e. The number of esters is 1. The van der Waals surface area contributed by atoms with E-state index in [1.165, 1.54) is 19.1 Å². The predicted octanol–water partition coefficient (Wildman–Crippen LogP) is 3.22. The van der Waals surface area contributed by atoms with E-state index in [-0.39, 0.29) is 17.2 Å². The van der Waals surface area contributed by atoms with Crippen molar-refractivity contribution in [3.05, 3.63) is 39.9 Å². The number of hydrogen-bond donors (Lipinski definition) is 2. The fourth-order valence-corrected chi connectivity index (χ4v) is 4.69. The van der Waals surface area contributed by atoms with Crippen LogP contribution in [-0.2, 0) is 22.5 Å². The summed E-state index contributed by atoms with van der Waals surface area (Å²) < 4.78 is 7.02. The molecule has 1 saturated carbocycles. The highest BCUT2D eigenvalue weighted by Crippen LogP contribution is 2.18. The Morgan fingerprint density at radius 3 is 2.59 bits per heavy atom. The zero-order valence-electron chi connectivity index (χ0n) is 19.6. The van der Waals surface area contributed by atoms with Crippen LogP contribution in [0.25, 0.3) is 10.9 Å². The molecule has 2 aliphatic rings. The van der Waals surface area contributed by atoms with Gasteiger partial charge in [0.15, 0.2) is 6.10 Å². The molecule has 0 saturated heterocycles. The molecule has 1 aliphatic heterocycles. The first-order valence-electron chi connectivity index (χ1n) is 12.3. The van der Waals surface area contributed by atoms with Gasteiger partial charge in [0.25, 0.3) is 11.5 Å². The van der Waals surface area contributed by atoms with Crippen molar-refractivity contribution in [3.63, 3.8) is 0 Å². The van der Waals surface area contributed by atoms with Crippen molar-refractivity contribution in [3.8, 4) is 0 Å². The molecule has 1 fully saturated rings. The minimum Gasteiger partial charge on any atom is -0.449 e. The summed E-state index contributed by atoms with van der Waals surface area (Å²) in [5.41, 5.74) is 0.537. The maximum Gasteiger partial charge on any atom is 0.338 e. The summed E-state index contributed by atoms with van der Waals surface area (Å²) in [5, 5.41) is 5.49. The summed E-state index contributed by atoms with van der Waals surface area (Å²) >= 11 is 0. The highest BCUT2D eigenvalue weighted by molar-refractivity contribution is 5.99. The van der Waals surface area contributed by atoms with E-state index in [2.05, 4.69) is 15.6 Å². The standard InChI is InChI=1S/C25H32N4O5/c1-16(22(30)28-25(33)26-18-9-5-4-6-10-18)34-24(32)17-12-13-19-20(15-17)27-21-11-7-2-3-8-14-29(21)23(19)31/h12-13,15-16,18H,2-11,14H2,1H3,(H2,26,28,30,33). The third-order valence-corrected chi connectivity index (χ3v) is 6.63. The lowest BCUT2D eigenvalue weighted by atomic mass is 9.96. The molecular formula is C25H32N4O5. The molecule has 9 nitrogen and oxygen atoms in total. The Morgan fingerprint density at radius 2 is 1.79 bits per heavy atom. The third-order valence-electron chi connectivity index (χ3n) is 6.63. The highest BCUT2D eigenvalue weighted by Gasteiger charge is 2.23. The third kappa shape index (κ3) is 5.63. The Morgan fingerprint density at radius 1 is 1.06 bits per heavy atom. The SMILES string of the molecule is CC(OC(=O)c1ccc2c(=O)n3c(nc2c1)CCCCCC3)C(=O)NC(=O)NC1CCCCC1. The molecule has 0 spiro atoms. The van der Waals surface area contributed by atoms with E-state index in [1.807, 2.05) is 0 Å². The molecule has 1 aliphatic carbocycles. The van der Waals surface area contributed by atoms with Crippen molar-refractivity contribution >= 4 is 28.8 Å². The maximum absolute atomic E-state index is 12.9. The Kier molecular flexibility index (Phi) is 7.59. The van der Waals surface area contributed by atoms with Crippen molar-refractivity contribution in [1.82, 2.24) is 20.2 Å². The molecule has 9 heteroatoms. The van der Waals surface area contributed by atoms with Crippen molar-refractivity contribution in [2.24, 2.45) is 0 Å². The van der Waals surface area contributed by atoms with Crippen molar-refractivity contribution in [2.45, 2.75) is 89.8 Å². The number of ether oxygens (including phenoxy) is 1. The van der Waals surface area contributed by atoms with Gasteiger partial charge in [-0.25, -0.2) is 14.6 Å². The quantitative estimate of drug-likeness (QED) is 0.665. The fourth-order valence-electron chi connectivity index (χ4n) is 4.69. The van der Waals surface area contributed by atoms with Crippen molar-refractivity contribution in [1.29, 1.82) is 0 Å². The van der Waals surface area contributed by atoms with E-state index >= 15 is 0 Å². The first kappa shape index (κ1) is 23.9. The molecule has 2 heterocycles. The van der Waals surface area contributed by atoms with Gasteiger partial charge in [-0.15, -0.1) is 0 Å². The molecule has 34 heavy (non-hydrogen) atoms. The van der Waals surface area contributed by atoms with Gasteiger partial charge in [0.2, 0.25) is 0 Å². The number of nitrogens with one attached hydrogen (secondary N) is 2. The molecular weight excluding hydrogens is 436 g/mol. The molecule has 0 bridgehead atoms. The van der Waals surface area contributed by atoms with Gasteiger partial charge in [0.05, 0.1) is 16.5 Å². The van der Waals surface area contributed by atoms with Gasteiger partial charge in [-0.3, -0.25) is 19.5 Å². The number of carbonyl (C=O) groups is 3. The van der Waals surface area contributed by atoms with Crippen LogP contribution in [-0.4, -0.2) is 39.6 Å². The number of nitrogens with zero attached hydrogens (tertiary/aromatic N) is 2. The normalized spacial score (nSPS) is 17.7. The van der Waals surface area contributed by atoms with E-state index in [0.29, 0.717) is 17.4 Å². The highest BCUT2D eigenvalue weighted by atomic mass is 16.5. The lowest BCUT2D eigenvalue weighted by Gasteiger charge is -2.23. The Labute approximate surface area is 198 Å². The van der Waals surface area contributed by atoms with Crippen LogP contribution < -0.4 is 16.2 Å². The summed E-state index contributed by atoms with van der Waals surface area (Å²) in [7, 11) is 0. The molecule has 4 rings (SSSR count). The summed E-state index contributed by atoms with van der Waals surface area (Å²) in [6.45, 7) is 2.07. The van der Waals surface area contributed by atoms with E-state index in [0.717, 1.165) is 70.0 Å². The number of amides is 3. The van der Waals surface area contributed by atoms with Crippen LogP contribution >= 0.6 is 0 Å². The average Bonchev–Trinajstić information content (AvgIpc) is 2.80.